The summed E-state index contributed by atoms with van der Waals surface area (Å²) < 4.78 is 10.6. The lowest BCUT2D eigenvalue weighted by Gasteiger charge is -2.22. The number of fused-ring (bicyclic) bond motifs is 1. The number of ether oxygens (including phenoxy) is 2. The highest BCUT2D eigenvalue weighted by Crippen LogP contribution is 2.37. The number of rotatable bonds is 5. The van der Waals surface area contributed by atoms with E-state index in [9.17, 15) is 24.5 Å². The number of nitrogens with zero attached hydrogens (tertiary/aromatic N) is 2. The summed E-state index contributed by atoms with van der Waals surface area (Å²) >= 11 is 0. The summed E-state index contributed by atoms with van der Waals surface area (Å²) in [5.74, 6) is -0.212. The minimum atomic E-state index is -1.37. The van der Waals surface area contributed by atoms with E-state index in [0.717, 1.165) is 4.90 Å². The lowest BCUT2D eigenvalue weighted by atomic mass is 9.91. The highest BCUT2D eigenvalue weighted by molar-refractivity contribution is 6.10. The van der Waals surface area contributed by atoms with Gasteiger partial charge in [-0.05, 0) is 36.8 Å². The number of urea groups is 1. The number of carbonyl (C=O) groups excluding carboxylic acids is 3. The fraction of sp³-hybridized carbons (Fsp3) is 0.211. The molecule has 0 saturated carbocycles. The van der Waals surface area contributed by atoms with Crippen molar-refractivity contribution in [2.45, 2.75) is 12.5 Å². The molecule has 11 nitrogen and oxygen atoms in total. The molecule has 2 heterocycles. The molecule has 2 aromatic rings. The number of non-ortho nitro benzene ring substituents is 1. The number of nitro benzene ring substituents is 1. The molecule has 2 aromatic carbocycles. The number of hydrogen-bond acceptors (Lipinski definition) is 7. The van der Waals surface area contributed by atoms with Gasteiger partial charge in [-0.2, -0.15) is 0 Å². The van der Waals surface area contributed by atoms with Crippen molar-refractivity contribution in [1.29, 1.82) is 0 Å². The molecule has 154 valence electrons. The topological polar surface area (TPSA) is 140 Å². The predicted octanol–water partition coefficient (Wildman–Crippen LogP) is 1.73. The molecule has 1 saturated heterocycles. The van der Waals surface area contributed by atoms with Crippen LogP contribution < -0.4 is 20.1 Å². The van der Waals surface area contributed by atoms with Gasteiger partial charge in [-0.3, -0.25) is 24.6 Å². The second-order valence-electron chi connectivity index (χ2n) is 6.87. The first-order valence-corrected chi connectivity index (χ1v) is 8.86. The molecule has 0 spiro atoms. The van der Waals surface area contributed by atoms with Crippen LogP contribution in [0.2, 0.25) is 0 Å². The molecule has 1 atom stereocenters. The molecule has 2 N–H and O–H groups in total. The standard InChI is InChI=1S/C19H16N4O7/c1-19(11-2-7-14-15(8-11)30-10-29-14)17(25)22(18(26)21-19)9-16(24)20-12-3-5-13(6-4-12)23(27)28/h2-8H,9-10H2,1H3,(H,20,24)(H,21,26). The molecular weight excluding hydrogens is 396 g/mol. The Morgan fingerprint density at radius 1 is 1.20 bits per heavy atom. The molecule has 0 radical (unpaired) electrons. The number of amides is 4. The Bertz CT molecular complexity index is 1070. The zero-order chi connectivity index (χ0) is 21.5. The van der Waals surface area contributed by atoms with E-state index in [4.69, 9.17) is 9.47 Å². The van der Waals surface area contributed by atoms with Gasteiger partial charge in [-0.25, -0.2) is 4.79 Å². The van der Waals surface area contributed by atoms with E-state index in [0.29, 0.717) is 22.7 Å². The zero-order valence-electron chi connectivity index (χ0n) is 15.7. The first kappa shape index (κ1) is 19.2. The lowest BCUT2D eigenvalue weighted by Crippen LogP contribution is -2.42. The number of carbonyl (C=O) groups is 3. The molecule has 30 heavy (non-hydrogen) atoms. The largest absolute Gasteiger partial charge is 0.454 e. The van der Waals surface area contributed by atoms with Crippen molar-refractivity contribution >= 4 is 29.2 Å². The predicted molar refractivity (Wildman–Crippen MR) is 102 cm³/mol. The van der Waals surface area contributed by atoms with E-state index in [-0.39, 0.29) is 12.5 Å². The highest BCUT2D eigenvalue weighted by atomic mass is 16.7. The van der Waals surface area contributed by atoms with Gasteiger partial charge in [0, 0.05) is 17.8 Å². The molecule has 11 heteroatoms. The van der Waals surface area contributed by atoms with Crippen LogP contribution in [-0.2, 0) is 15.1 Å². The Balaban J connectivity index is 1.47. The van der Waals surface area contributed by atoms with Crippen molar-refractivity contribution in [3.63, 3.8) is 0 Å². The van der Waals surface area contributed by atoms with Gasteiger partial charge in [0.15, 0.2) is 11.5 Å². The summed E-state index contributed by atoms with van der Waals surface area (Å²) in [5, 5.41) is 15.8. The highest BCUT2D eigenvalue weighted by Gasteiger charge is 2.49. The van der Waals surface area contributed by atoms with E-state index < -0.39 is 34.9 Å². The maximum absolute atomic E-state index is 13.0. The van der Waals surface area contributed by atoms with Gasteiger partial charge >= 0.3 is 6.03 Å². The molecule has 0 aromatic heterocycles. The third-order valence-corrected chi connectivity index (χ3v) is 4.89. The van der Waals surface area contributed by atoms with Crippen LogP contribution in [0.1, 0.15) is 12.5 Å². The first-order valence-electron chi connectivity index (χ1n) is 8.86. The Labute approximate surface area is 169 Å². The molecule has 4 rings (SSSR count). The van der Waals surface area contributed by atoms with Crippen LogP contribution >= 0.6 is 0 Å². The number of anilines is 1. The number of hydrogen-bond donors (Lipinski definition) is 2. The normalized spacial score (nSPS) is 19.6. The Hall–Kier alpha value is -4.15. The second kappa shape index (κ2) is 7.03. The van der Waals surface area contributed by atoms with Crippen LogP contribution in [0.3, 0.4) is 0 Å². The van der Waals surface area contributed by atoms with E-state index in [1.165, 1.54) is 24.3 Å². The maximum atomic E-state index is 13.0. The van der Waals surface area contributed by atoms with Gasteiger partial charge in [-0.1, -0.05) is 6.07 Å². The van der Waals surface area contributed by atoms with Crippen LogP contribution in [0.25, 0.3) is 0 Å². The average molecular weight is 412 g/mol. The van der Waals surface area contributed by atoms with Crippen molar-refractivity contribution in [2.75, 3.05) is 18.7 Å². The lowest BCUT2D eigenvalue weighted by molar-refractivity contribution is -0.384. The van der Waals surface area contributed by atoms with Crippen molar-refractivity contribution < 1.29 is 28.8 Å². The summed E-state index contributed by atoms with van der Waals surface area (Å²) in [5.41, 5.74) is -0.702. The third-order valence-electron chi connectivity index (χ3n) is 4.89. The van der Waals surface area contributed by atoms with E-state index >= 15 is 0 Å². The fourth-order valence-electron chi connectivity index (χ4n) is 3.25. The zero-order valence-corrected chi connectivity index (χ0v) is 15.7. The second-order valence-corrected chi connectivity index (χ2v) is 6.87. The van der Waals surface area contributed by atoms with Gasteiger partial charge in [0.05, 0.1) is 4.92 Å². The summed E-state index contributed by atoms with van der Waals surface area (Å²) in [6, 6.07) is 9.38. The monoisotopic (exact) mass is 412 g/mol. The Morgan fingerprint density at radius 2 is 1.90 bits per heavy atom. The number of nitro groups is 1. The Morgan fingerprint density at radius 3 is 2.60 bits per heavy atom. The van der Waals surface area contributed by atoms with Crippen molar-refractivity contribution in [3.8, 4) is 11.5 Å². The van der Waals surface area contributed by atoms with Crippen molar-refractivity contribution in [1.82, 2.24) is 10.2 Å². The summed E-state index contributed by atoms with van der Waals surface area (Å²) in [6.45, 7) is 1.10. The van der Waals surface area contributed by atoms with Crippen molar-refractivity contribution in [3.05, 3.63) is 58.1 Å². The Kier molecular flexibility index (Phi) is 4.49. The number of benzene rings is 2. The fourth-order valence-corrected chi connectivity index (χ4v) is 3.25. The smallest absolute Gasteiger partial charge is 0.325 e. The van der Waals surface area contributed by atoms with Crippen LogP contribution in [0.5, 0.6) is 11.5 Å². The summed E-state index contributed by atoms with van der Waals surface area (Å²) in [7, 11) is 0. The van der Waals surface area contributed by atoms with Gasteiger partial charge in [0.25, 0.3) is 11.6 Å². The molecule has 1 fully saturated rings. The summed E-state index contributed by atoms with van der Waals surface area (Å²) in [6.07, 6.45) is 0. The molecular formula is C19H16N4O7. The average Bonchev–Trinajstić information content (AvgIpc) is 3.27. The van der Waals surface area contributed by atoms with Gasteiger partial charge in [-0.15, -0.1) is 0 Å². The summed E-state index contributed by atoms with van der Waals surface area (Å²) in [4.78, 5) is 48.6. The third kappa shape index (κ3) is 3.26. The molecule has 2 aliphatic heterocycles. The van der Waals surface area contributed by atoms with Crippen LogP contribution in [0.4, 0.5) is 16.2 Å². The van der Waals surface area contributed by atoms with Crippen molar-refractivity contribution in [2.24, 2.45) is 0 Å². The minimum absolute atomic E-state index is 0.0742. The van der Waals surface area contributed by atoms with E-state index in [2.05, 4.69) is 10.6 Å². The SMILES string of the molecule is CC1(c2ccc3c(c2)OCO3)NC(=O)N(CC(=O)Nc2ccc([N+](=O)[O-])cc2)C1=O. The minimum Gasteiger partial charge on any atom is -0.454 e. The number of nitrogens with one attached hydrogen (secondary N) is 2. The maximum Gasteiger partial charge on any atom is 0.325 e. The van der Waals surface area contributed by atoms with Gasteiger partial charge in [0.1, 0.15) is 12.1 Å². The molecule has 4 amide bonds. The quantitative estimate of drug-likeness (QED) is 0.433. The molecule has 2 aliphatic rings. The van der Waals surface area contributed by atoms with E-state index in [1.807, 2.05) is 0 Å². The molecule has 0 aliphatic carbocycles. The van der Waals surface area contributed by atoms with Crippen LogP contribution in [-0.4, -0.2) is 41.0 Å². The van der Waals surface area contributed by atoms with Gasteiger partial charge < -0.3 is 20.1 Å². The molecule has 0 bridgehead atoms. The van der Waals surface area contributed by atoms with Gasteiger partial charge in [0.2, 0.25) is 12.7 Å². The first-order chi connectivity index (χ1) is 14.3. The van der Waals surface area contributed by atoms with E-state index in [1.54, 1.807) is 25.1 Å². The van der Waals surface area contributed by atoms with Crippen LogP contribution in [0, 0.1) is 10.1 Å². The number of imide groups is 1. The molecule has 1 unspecified atom stereocenters. The van der Waals surface area contributed by atoms with Crippen LogP contribution in [0.15, 0.2) is 42.5 Å².